The Hall–Kier alpha value is -0.800. The fourth-order valence-corrected chi connectivity index (χ4v) is 2.02. The van der Waals surface area contributed by atoms with Crippen molar-refractivity contribution in [3.63, 3.8) is 0 Å². The zero-order chi connectivity index (χ0) is 9.97. The van der Waals surface area contributed by atoms with Gasteiger partial charge >= 0.3 is 0 Å². The van der Waals surface area contributed by atoms with Crippen LogP contribution >= 0.6 is 15.9 Å². The third kappa shape index (κ3) is 1.83. The molecule has 0 saturated heterocycles. The Morgan fingerprint density at radius 2 is 2.29 bits per heavy atom. The fraction of sp³-hybridized carbons (Fsp3) is 0.273. The van der Waals surface area contributed by atoms with Gasteiger partial charge in [0.2, 0.25) is 0 Å². The highest BCUT2D eigenvalue weighted by Crippen LogP contribution is 2.24. The zero-order valence-electron chi connectivity index (χ0n) is 8.10. The van der Waals surface area contributed by atoms with E-state index in [1.54, 1.807) is 0 Å². The van der Waals surface area contributed by atoms with E-state index in [1.165, 1.54) is 16.5 Å². The van der Waals surface area contributed by atoms with E-state index in [-0.39, 0.29) is 0 Å². The molecule has 2 aromatic rings. The molecule has 2 N–H and O–H groups in total. The van der Waals surface area contributed by atoms with Crippen LogP contribution in [-0.4, -0.2) is 18.6 Å². The van der Waals surface area contributed by atoms with E-state index >= 15 is 0 Å². The molecule has 0 aliphatic heterocycles. The summed E-state index contributed by atoms with van der Waals surface area (Å²) in [4.78, 5) is 3.24. The molecule has 0 radical (unpaired) electrons. The highest BCUT2D eigenvalue weighted by atomic mass is 79.9. The molecule has 74 valence electrons. The number of hydrogen-bond acceptors (Lipinski definition) is 1. The van der Waals surface area contributed by atoms with E-state index in [4.69, 9.17) is 0 Å². The van der Waals surface area contributed by atoms with Crippen LogP contribution in [0.5, 0.6) is 0 Å². The Kier molecular flexibility index (Phi) is 2.89. The predicted octanol–water partition coefficient (Wildman–Crippen LogP) is 2.69. The average molecular weight is 253 g/mol. The van der Waals surface area contributed by atoms with E-state index < -0.39 is 0 Å². The van der Waals surface area contributed by atoms with Gasteiger partial charge in [0.25, 0.3) is 0 Å². The first-order valence-electron chi connectivity index (χ1n) is 4.71. The number of nitrogens with one attached hydrogen (secondary N) is 2. The van der Waals surface area contributed by atoms with E-state index in [0.29, 0.717) is 0 Å². The van der Waals surface area contributed by atoms with Crippen molar-refractivity contribution in [1.82, 2.24) is 10.3 Å². The molecule has 0 bridgehead atoms. The number of fused-ring (bicyclic) bond motifs is 1. The summed E-state index contributed by atoms with van der Waals surface area (Å²) in [7, 11) is 1.98. The molecule has 0 amide bonds. The van der Waals surface area contributed by atoms with Crippen molar-refractivity contribution >= 4 is 26.8 Å². The van der Waals surface area contributed by atoms with Crippen LogP contribution in [-0.2, 0) is 6.42 Å². The van der Waals surface area contributed by atoms with Gasteiger partial charge in [0.15, 0.2) is 0 Å². The monoisotopic (exact) mass is 252 g/mol. The van der Waals surface area contributed by atoms with E-state index in [2.05, 4.69) is 44.4 Å². The van der Waals surface area contributed by atoms with Crippen LogP contribution in [0.15, 0.2) is 28.9 Å². The molecule has 0 aliphatic carbocycles. The van der Waals surface area contributed by atoms with Crippen molar-refractivity contribution in [3.05, 3.63) is 34.4 Å². The molecule has 0 fully saturated rings. The van der Waals surface area contributed by atoms with Gasteiger partial charge in [-0.05, 0) is 47.6 Å². The van der Waals surface area contributed by atoms with Crippen molar-refractivity contribution in [2.45, 2.75) is 6.42 Å². The lowest BCUT2D eigenvalue weighted by molar-refractivity contribution is 0.792. The maximum absolute atomic E-state index is 3.50. The van der Waals surface area contributed by atoms with Crippen LogP contribution in [0.3, 0.4) is 0 Å². The molecule has 2 nitrogen and oxygen atoms in total. The topological polar surface area (TPSA) is 27.8 Å². The SMILES string of the molecule is CNCCc1ccc2c(Br)c[nH]c2c1. The van der Waals surface area contributed by atoms with E-state index in [9.17, 15) is 0 Å². The van der Waals surface area contributed by atoms with E-state index in [1.807, 2.05) is 13.2 Å². The summed E-state index contributed by atoms with van der Waals surface area (Å²) in [5.74, 6) is 0. The number of likely N-dealkylation sites (N-methyl/N-ethyl adjacent to an activating group) is 1. The first-order valence-corrected chi connectivity index (χ1v) is 5.50. The lowest BCUT2D eigenvalue weighted by Crippen LogP contribution is -2.10. The second-order valence-corrected chi connectivity index (χ2v) is 4.22. The summed E-state index contributed by atoms with van der Waals surface area (Å²) in [5.41, 5.74) is 2.56. The van der Waals surface area contributed by atoms with Gasteiger partial charge in [-0.15, -0.1) is 0 Å². The molecule has 0 saturated carbocycles. The van der Waals surface area contributed by atoms with Crippen LogP contribution in [0.25, 0.3) is 10.9 Å². The Balaban J connectivity index is 2.32. The summed E-state index contributed by atoms with van der Waals surface area (Å²) < 4.78 is 1.13. The summed E-state index contributed by atoms with van der Waals surface area (Å²) in [6.07, 6.45) is 3.05. The maximum atomic E-state index is 3.50. The van der Waals surface area contributed by atoms with Crippen molar-refractivity contribution < 1.29 is 0 Å². The van der Waals surface area contributed by atoms with Gasteiger partial charge in [0.05, 0.1) is 0 Å². The third-order valence-electron chi connectivity index (χ3n) is 2.36. The van der Waals surface area contributed by atoms with Gasteiger partial charge in [0.1, 0.15) is 0 Å². The number of halogens is 1. The van der Waals surface area contributed by atoms with Gasteiger partial charge in [-0.3, -0.25) is 0 Å². The summed E-state index contributed by atoms with van der Waals surface area (Å²) in [6, 6.07) is 6.54. The van der Waals surface area contributed by atoms with Crippen LogP contribution in [0.2, 0.25) is 0 Å². The second kappa shape index (κ2) is 4.15. The Bertz CT molecular complexity index is 434. The lowest BCUT2D eigenvalue weighted by Gasteiger charge is -2.00. The third-order valence-corrected chi connectivity index (χ3v) is 3.02. The number of H-pyrrole nitrogens is 1. The predicted molar refractivity (Wildman–Crippen MR) is 63.6 cm³/mol. The Morgan fingerprint density at radius 1 is 1.43 bits per heavy atom. The fourth-order valence-electron chi connectivity index (χ4n) is 1.56. The highest BCUT2D eigenvalue weighted by Gasteiger charge is 2.01. The normalized spacial score (nSPS) is 11.0. The first-order chi connectivity index (χ1) is 6.81. The minimum atomic E-state index is 1.02. The number of aromatic nitrogens is 1. The molecule has 1 aromatic carbocycles. The largest absolute Gasteiger partial charge is 0.360 e. The summed E-state index contributed by atoms with van der Waals surface area (Å²) in [5, 5.41) is 4.40. The summed E-state index contributed by atoms with van der Waals surface area (Å²) in [6.45, 7) is 1.02. The molecular formula is C11H13BrN2. The van der Waals surface area contributed by atoms with Crippen molar-refractivity contribution in [2.75, 3.05) is 13.6 Å². The van der Waals surface area contributed by atoms with Gasteiger partial charge in [-0.1, -0.05) is 12.1 Å². The quantitative estimate of drug-likeness (QED) is 0.864. The lowest BCUT2D eigenvalue weighted by atomic mass is 10.1. The standard InChI is InChI=1S/C11H13BrN2/c1-13-5-4-8-2-3-9-10(12)7-14-11(9)6-8/h2-3,6-7,13-14H,4-5H2,1H3. The molecule has 0 spiro atoms. The smallest absolute Gasteiger partial charge is 0.0468 e. The molecule has 2 rings (SSSR count). The number of benzene rings is 1. The molecular weight excluding hydrogens is 240 g/mol. The minimum absolute atomic E-state index is 1.02. The van der Waals surface area contributed by atoms with Crippen LogP contribution in [0, 0.1) is 0 Å². The summed E-state index contributed by atoms with van der Waals surface area (Å²) >= 11 is 3.50. The van der Waals surface area contributed by atoms with Crippen molar-refractivity contribution in [1.29, 1.82) is 0 Å². The first kappa shape index (κ1) is 9.74. The van der Waals surface area contributed by atoms with Crippen LogP contribution in [0.4, 0.5) is 0 Å². The maximum Gasteiger partial charge on any atom is 0.0468 e. The van der Waals surface area contributed by atoms with Crippen molar-refractivity contribution in [3.8, 4) is 0 Å². The number of hydrogen-bond donors (Lipinski definition) is 2. The average Bonchev–Trinajstić information content (AvgIpc) is 2.57. The van der Waals surface area contributed by atoms with Gasteiger partial charge in [0, 0.05) is 21.6 Å². The van der Waals surface area contributed by atoms with Gasteiger partial charge in [-0.2, -0.15) is 0 Å². The number of rotatable bonds is 3. The molecule has 0 aliphatic rings. The highest BCUT2D eigenvalue weighted by molar-refractivity contribution is 9.10. The molecule has 0 atom stereocenters. The molecule has 3 heteroatoms. The Morgan fingerprint density at radius 3 is 3.07 bits per heavy atom. The minimum Gasteiger partial charge on any atom is -0.360 e. The molecule has 1 heterocycles. The molecule has 1 aromatic heterocycles. The van der Waals surface area contributed by atoms with Gasteiger partial charge < -0.3 is 10.3 Å². The molecule has 14 heavy (non-hydrogen) atoms. The Labute approximate surface area is 91.8 Å². The second-order valence-electron chi connectivity index (χ2n) is 3.37. The van der Waals surface area contributed by atoms with Crippen molar-refractivity contribution in [2.24, 2.45) is 0 Å². The molecule has 0 unspecified atom stereocenters. The van der Waals surface area contributed by atoms with Crippen LogP contribution in [0.1, 0.15) is 5.56 Å². The number of aromatic amines is 1. The van der Waals surface area contributed by atoms with Gasteiger partial charge in [-0.25, -0.2) is 0 Å². The van der Waals surface area contributed by atoms with Crippen LogP contribution < -0.4 is 5.32 Å². The van der Waals surface area contributed by atoms with E-state index in [0.717, 1.165) is 17.4 Å². The zero-order valence-corrected chi connectivity index (χ0v) is 9.69.